The molecule has 0 aliphatic carbocycles. The van der Waals surface area contributed by atoms with Gasteiger partial charge >= 0.3 is 0 Å². The van der Waals surface area contributed by atoms with Crippen LogP contribution in [0.15, 0.2) is 0 Å². The van der Waals surface area contributed by atoms with Crippen molar-refractivity contribution < 1.29 is 12.4 Å². The molecule has 1 amide bonds. The topological polar surface area (TPSA) is 58.2 Å². The van der Waals surface area contributed by atoms with Crippen molar-refractivity contribution in [1.82, 2.24) is 10.6 Å². The minimum Gasteiger partial charge on any atom is -0.356 e. The lowest BCUT2D eigenvalue weighted by molar-refractivity contribution is -0.122. The van der Waals surface area contributed by atoms with Crippen molar-refractivity contribution in [3.8, 4) is 0 Å². The highest BCUT2D eigenvalue weighted by atomic mass is 16.1. The fraction of sp³-hybridized carbons (Fsp3) is 0.905. The molecule has 0 radical (unpaired) electrons. The first kappa shape index (κ1) is 24.1. The number of nitrogens with one attached hydrogen (secondary N) is 2. The van der Waals surface area contributed by atoms with Gasteiger partial charge in [-0.1, -0.05) is 59.8 Å². The third kappa shape index (κ3) is 17.7. The van der Waals surface area contributed by atoms with Crippen LogP contribution < -0.4 is 10.6 Å². The lowest BCUT2D eigenvalue weighted by Crippen LogP contribution is -2.25. The van der Waals surface area contributed by atoms with Crippen molar-refractivity contribution in [3.05, 3.63) is 0 Å². The van der Waals surface area contributed by atoms with E-state index in [2.05, 4.69) is 24.5 Å². The second kappa shape index (κ2) is 16.6. The first-order chi connectivity index (χ1) is 11.9. The minimum absolute atomic E-state index is 0. The van der Waals surface area contributed by atoms with Crippen LogP contribution in [0.4, 0.5) is 0 Å². The summed E-state index contributed by atoms with van der Waals surface area (Å²) in [5.41, 5.74) is 0. The van der Waals surface area contributed by atoms with Crippen molar-refractivity contribution in [2.45, 2.75) is 104 Å². The van der Waals surface area contributed by atoms with Crippen LogP contribution in [0.25, 0.3) is 0 Å². The SMILES string of the molecule is CC(C)NCCCCC(=O)NCCCCCCCCCC(=O)C(C)C.[HH].[HH]. The van der Waals surface area contributed by atoms with Crippen molar-refractivity contribution in [3.63, 3.8) is 0 Å². The molecule has 4 heteroatoms. The number of carbonyl (C=O) groups is 2. The number of amides is 1. The predicted octanol–water partition coefficient (Wildman–Crippen LogP) is 5.11. The zero-order valence-electron chi connectivity index (χ0n) is 17.2. The summed E-state index contributed by atoms with van der Waals surface area (Å²) in [4.78, 5) is 23.2. The van der Waals surface area contributed by atoms with Crippen LogP contribution >= 0.6 is 0 Å². The van der Waals surface area contributed by atoms with E-state index in [1.807, 2.05) is 13.8 Å². The fourth-order valence-corrected chi connectivity index (χ4v) is 2.71. The van der Waals surface area contributed by atoms with Crippen LogP contribution in [-0.2, 0) is 9.59 Å². The molecule has 25 heavy (non-hydrogen) atoms. The highest BCUT2D eigenvalue weighted by molar-refractivity contribution is 5.80. The van der Waals surface area contributed by atoms with Gasteiger partial charge in [0.15, 0.2) is 0 Å². The quantitative estimate of drug-likeness (QED) is 0.355. The van der Waals surface area contributed by atoms with Gasteiger partial charge in [0.1, 0.15) is 5.78 Å². The number of hydrogen-bond donors (Lipinski definition) is 2. The summed E-state index contributed by atoms with van der Waals surface area (Å²) in [6.07, 6.45) is 11.6. The molecule has 4 nitrogen and oxygen atoms in total. The Morgan fingerprint density at radius 2 is 1.24 bits per heavy atom. The van der Waals surface area contributed by atoms with Crippen LogP contribution in [-0.4, -0.2) is 30.8 Å². The van der Waals surface area contributed by atoms with E-state index in [0.29, 0.717) is 18.2 Å². The van der Waals surface area contributed by atoms with Crippen LogP contribution in [0.3, 0.4) is 0 Å². The summed E-state index contributed by atoms with van der Waals surface area (Å²) >= 11 is 0. The van der Waals surface area contributed by atoms with Gasteiger partial charge in [-0.3, -0.25) is 9.59 Å². The van der Waals surface area contributed by atoms with Crippen LogP contribution in [0.1, 0.15) is 101 Å². The Morgan fingerprint density at radius 1 is 0.720 bits per heavy atom. The molecule has 0 aliphatic rings. The molecule has 0 aromatic rings. The van der Waals surface area contributed by atoms with Gasteiger partial charge in [0.05, 0.1) is 0 Å². The highest BCUT2D eigenvalue weighted by Crippen LogP contribution is 2.10. The molecule has 0 rings (SSSR count). The van der Waals surface area contributed by atoms with E-state index in [-0.39, 0.29) is 14.7 Å². The van der Waals surface area contributed by atoms with Crippen molar-refractivity contribution in [2.24, 2.45) is 5.92 Å². The lowest BCUT2D eigenvalue weighted by Gasteiger charge is -2.08. The summed E-state index contributed by atoms with van der Waals surface area (Å²) in [6.45, 7) is 10.0. The van der Waals surface area contributed by atoms with Crippen molar-refractivity contribution in [1.29, 1.82) is 0 Å². The number of Topliss-reactive ketones (excluding diaryl/α,β-unsaturated/α-hetero) is 1. The van der Waals surface area contributed by atoms with Crippen LogP contribution in [0, 0.1) is 5.92 Å². The molecule has 2 N–H and O–H groups in total. The summed E-state index contributed by atoms with van der Waals surface area (Å²) in [7, 11) is 0. The molecule has 0 aliphatic heterocycles. The fourth-order valence-electron chi connectivity index (χ4n) is 2.71. The van der Waals surface area contributed by atoms with Gasteiger partial charge in [-0.25, -0.2) is 0 Å². The molecule has 0 unspecified atom stereocenters. The first-order valence-electron chi connectivity index (χ1n) is 10.5. The van der Waals surface area contributed by atoms with E-state index in [1.165, 1.54) is 32.1 Å². The smallest absolute Gasteiger partial charge is 0.219 e. The van der Waals surface area contributed by atoms with Crippen LogP contribution in [0.5, 0.6) is 0 Å². The van der Waals surface area contributed by atoms with E-state index in [0.717, 1.165) is 45.2 Å². The Kier molecular flexibility index (Phi) is 16.0. The van der Waals surface area contributed by atoms with E-state index in [1.54, 1.807) is 0 Å². The van der Waals surface area contributed by atoms with Crippen molar-refractivity contribution >= 4 is 11.7 Å². The molecule has 0 aromatic carbocycles. The Morgan fingerprint density at radius 3 is 1.84 bits per heavy atom. The summed E-state index contributed by atoms with van der Waals surface area (Å²) < 4.78 is 0. The Bertz CT molecular complexity index is 351. The maximum atomic E-state index is 11.7. The lowest BCUT2D eigenvalue weighted by atomic mass is 10.0. The molecule has 0 fully saturated rings. The molecule has 0 saturated carbocycles. The average Bonchev–Trinajstić information content (AvgIpc) is 2.55. The maximum absolute atomic E-state index is 11.7. The second-order valence-corrected chi connectivity index (χ2v) is 7.76. The first-order valence-corrected chi connectivity index (χ1v) is 10.5. The molecule has 0 heterocycles. The number of carbonyl (C=O) groups excluding carboxylic acids is 2. The van der Waals surface area contributed by atoms with Crippen LogP contribution in [0.2, 0.25) is 0 Å². The van der Waals surface area contributed by atoms with E-state index < -0.39 is 0 Å². The van der Waals surface area contributed by atoms with E-state index in [4.69, 9.17) is 0 Å². The Balaban J connectivity index is -0.00000288. The van der Waals surface area contributed by atoms with Gasteiger partial charge in [0.25, 0.3) is 0 Å². The Labute approximate surface area is 158 Å². The zero-order chi connectivity index (χ0) is 18.9. The van der Waals surface area contributed by atoms with Gasteiger partial charge in [0, 0.05) is 34.2 Å². The van der Waals surface area contributed by atoms with E-state index >= 15 is 0 Å². The monoisotopic (exact) mass is 358 g/mol. The molecular formula is C21H46N2O2. The standard InChI is InChI=1S/C21H42N2O2.2H2/c1-18(2)20(24)14-10-8-6-5-7-9-12-17-23-21(25)15-11-13-16-22-19(3)4;;/h18-19,22H,5-17H2,1-4H3,(H,23,25);2*1H. The normalized spacial score (nSPS) is 11.3. The predicted molar refractivity (Wildman–Crippen MR) is 111 cm³/mol. The molecule has 0 saturated heterocycles. The Hall–Kier alpha value is -0.900. The third-order valence-corrected chi connectivity index (χ3v) is 4.45. The maximum Gasteiger partial charge on any atom is 0.219 e. The number of rotatable bonds is 17. The second-order valence-electron chi connectivity index (χ2n) is 7.76. The molecule has 0 bridgehead atoms. The molecular weight excluding hydrogens is 312 g/mol. The third-order valence-electron chi connectivity index (χ3n) is 4.45. The minimum atomic E-state index is 0. The summed E-state index contributed by atoms with van der Waals surface area (Å²) in [5.74, 6) is 0.776. The molecule has 152 valence electrons. The molecule has 0 spiro atoms. The molecule has 0 aromatic heterocycles. The van der Waals surface area contributed by atoms with Gasteiger partial charge < -0.3 is 10.6 Å². The van der Waals surface area contributed by atoms with E-state index in [9.17, 15) is 9.59 Å². The zero-order valence-corrected chi connectivity index (χ0v) is 17.2. The number of hydrogen-bond acceptors (Lipinski definition) is 3. The summed E-state index contributed by atoms with van der Waals surface area (Å²) in [6, 6.07) is 0.524. The van der Waals surface area contributed by atoms with Gasteiger partial charge in [0.2, 0.25) is 5.91 Å². The largest absolute Gasteiger partial charge is 0.356 e. The van der Waals surface area contributed by atoms with Gasteiger partial charge in [-0.05, 0) is 32.2 Å². The number of ketones is 1. The van der Waals surface area contributed by atoms with Gasteiger partial charge in [-0.15, -0.1) is 0 Å². The average molecular weight is 359 g/mol. The van der Waals surface area contributed by atoms with Crippen molar-refractivity contribution in [2.75, 3.05) is 13.1 Å². The highest BCUT2D eigenvalue weighted by Gasteiger charge is 2.05. The summed E-state index contributed by atoms with van der Waals surface area (Å²) in [5, 5.41) is 6.39. The van der Waals surface area contributed by atoms with Gasteiger partial charge in [-0.2, -0.15) is 0 Å². The number of unbranched alkanes of at least 4 members (excludes halogenated alkanes) is 7. The molecule has 0 atom stereocenters.